The number of hydrazine groups is 1. The zero-order valence-corrected chi connectivity index (χ0v) is 23.8. The molecule has 1 unspecified atom stereocenters. The molecule has 0 aromatic carbocycles. The highest BCUT2D eigenvalue weighted by atomic mass is 32.2. The Hall–Kier alpha value is -3.28. The minimum Gasteiger partial charge on any atom is -0.444 e. The number of fused-ring (bicyclic) bond motifs is 1. The number of ether oxygens (including phenoxy) is 1. The Kier molecular flexibility index (Phi) is 8.49. The molecule has 0 bridgehead atoms. The number of carbonyl (C=O) groups excluding carboxylic acids is 2. The Morgan fingerprint density at radius 3 is 2.76 bits per heavy atom. The first-order valence-corrected chi connectivity index (χ1v) is 14.2. The topological polar surface area (TPSA) is 117 Å². The van der Waals surface area contributed by atoms with Crippen molar-refractivity contribution in [3.8, 4) is 0 Å². The van der Waals surface area contributed by atoms with Gasteiger partial charge in [0.1, 0.15) is 5.60 Å². The number of anilines is 1. The van der Waals surface area contributed by atoms with E-state index in [1.165, 1.54) is 11.8 Å². The van der Waals surface area contributed by atoms with Crippen molar-refractivity contribution < 1.29 is 14.3 Å². The summed E-state index contributed by atoms with van der Waals surface area (Å²) in [6.45, 7) is 11.8. The van der Waals surface area contributed by atoms with Crippen molar-refractivity contribution in [3.05, 3.63) is 35.7 Å². The molecule has 0 saturated carbocycles. The summed E-state index contributed by atoms with van der Waals surface area (Å²) < 4.78 is 7.23. The Balaban J connectivity index is 1.38. The third kappa shape index (κ3) is 6.77. The van der Waals surface area contributed by atoms with Crippen LogP contribution in [0.1, 0.15) is 58.9 Å². The van der Waals surface area contributed by atoms with E-state index in [0.717, 1.165) is 29.6 Å². The van der Waals surface area contributed by atoms with Crippen LogP contribution in [-0.2, 0) is 9.53 Å². The summed E-state index contributed by atoms with van der Waals surface area (Å²) in [5, 5.41) is 10.3. The summed E-state index contributed by atoms with van der Waals surface area (Å²) in [5.74, 6) is 0.529. The van der Waals surface area contributed by atoms with E-state index >= 15 is 0 Å². The fraction of sp³-hybridized carbons (Fsp3) is 0.577. The van der Waals surface area contributed by atoms with Gasteiger partial charge in [0.2, 0.25) is 11.9 Å². The molecule has 2 aliphatic rings. The van der Waals surface area contributed by atoms with Crippen LogP contribution in [0.2, 0.25) is 0 Å². The number of likely N-dealkylation sites (tertiary alicyclic amines) is 1. The molecule has 2 N–H and O–H groups in total. The van der Waals surface area contributed by atoms with Gasteiger partial charge < -0.3 is 15.0 Å². The zero-order valence-electron chi connectivity index (χ0n) is 23.0. The van der Waals surface area contributed by atoms with E-state index in [2.05, 4.69) is 39.7 Å². The van der Waals surface area contributed by atoms with Gasteiger partial charge in [-0.2, -0.15) is 14.6 Å². The van der Waals surface area contributed by atoms with Gasteiger partial charge in [-0.05, 0) is 51.4 Å². The van der Waals surface area contributed by atoms with Crippen LogP contribution in [0.4, 0.5) is 10.7 Å². The van der Waals surface area contributed by atoms with Gasteiger partial charge >= 0.3 is 6.09 Å². The molecule has 2 aromatic heterocycles. The number of nitrogens with one attached hydrogen (secondary N) is 2. The Labute approximate surface area is 228 Å². The summed E-state index contributed by atoms with van der Waals surface area (Å²) in [6, 6.07) is 0. The van der Waals surface area contributed by atoms with Gasteiger partial charge in [0, 0.05) is 31.4 Å². The summed E-state index contributed by atoms with van der Waals surface area (Å²) in [5.41, 5.74) is 5.29. The molecule has 1 saturated heterocycles. The lowest BCUT2D eigenvalue weighted by molar-refractivity contribution is -0.130. The Morgan fingerprint density at radius 2 is 2.05 bits per heavy atom. The van der Waals surface area contributed by atoms with Crippen LogP contribution in [0, 0.1) is 5.92 Å². The summed E-state index contributed by atoms with van der Waals surface area (Å²) >= 11 is 1.49. The lowest BCUT2D eigenvalue weighted by Gasteiger charge is -2.34. The molecular weight excluding hydrogens is 504 g/mol. The Morgan fingerprint density at radius 1 is 1.26 bits per heavy atom. The van der Waals surface area contributed by atoms with Crippen molar-refractivity contribution in [2.75, 3.05) is 37.8 Å². The molecule has 1 fully saturated rings. The van der Waals surface area contributed by atoms with Crippen LogP contribution < -0.4 is 10.7 Å². The predicted octanol–water partition coefficient (Wildman–Crippen LogP) is 3.82. The second kappa shape index (κ2) is 11.6. The van der Waals surface area contributed by atoms with E-state index in [1.807, 2.05) is 51.6 Å². The lowest BCUT2D eigenvalue weighted by atomic mass is 9.98. The molecule has 2 amide bonds. The lowest BCUT2D eigenvalue weighted by Crippen LogP contribution is -2.50. The summed E-state index contributed by atoms with van der Waals surface area (Å²) in [7, 11) is 0. The van der Waals surface area contributed by atoms with E-state index in [9.17, 15) is 9.59 Å². The maximum absolute atomic E-state index is 13.0. The van der Waals surface area contributed by atoms with Crippen molar-refractivity contribution in [3.63, 3.8) is 0 Å². The van der Waals surface area contributed by atoms with Crippen LogP contribution >= 0.6 is 11.8 Å². The smallest absolute Gasteiger partial charge is 0.410 e. The molecule has 4 heterocycles. The number of aromatic nitrogens is 4. The molecule has 0 radical (unpaired) electrons. The van der Waals surface area contributed by atoms with Gasteiger partial charge in [0.05, 0.1) is 18.7 Å². The van der Waals surface area contributed by atoms with Crippen LogP contribution in [0.5, 0.6) is 0 Å². The second-order valence-electron chi connectivity index (χ2n) is 10.9. The number of rotatable bonds is 7. The van der Waals surface area contributed by atoms with E-state index < -0.39 is 5.60 Å². The highest BCUT2D eigenvalue weighted by Gasteiger charge is 2.31. The van der Waals surface area contributed by atoms with E-state index in [0.29, 0.717) is 43.2 Å². The Bertz CT molecular complexity index is 1230. The standard InChI is InChI=1S/C26H38N8O3S/c1-17(2)20-14-28-34-21(20)29-24(38-6)30-23(34)27-13-18-9-7-12-33(15-18)31-22(35)19-10-8-11-32(16-19)25(36)37-26(3,4)5/h7,9,14-15,17,19H,8,10-13,16H2,1-6H3,(H,31,35)(H,27,29,30). The molecule has 0 aliphatic carbocycles. The molecular formula is C26H38N8O3S. The molecule has 2 aliphatic heterocycles. The average Bonchev–Trinajstić information content (AvgIpc) is 3.31. The number of amides is 2. The first kappa shape index (κ1) is 27.7. The van der Waals surface area contributed by atoms with Crippen LogP contribution in [0.3, 0.4) is 0 Å². The zero-order chi connectivity index (χ0) is 27.4. The third-order valence-electron chi connectivity index (χ3n) is 6.28. The average molecular weight is 543 g/mol. The number of hydrogen-bond acceptors (Lipinski definition) is 9. The van der Waals surface area contributed by atoms with Gasteiger partial charge in [0.25, 0.3) is 0 Å². The van der Waals surface area contributed by atoms with E-state index in [4.69, 9.17) is 4.74 Å². The molecule has 11 nitrogen and oxygen atoms in total. The van der Waals surface area contributed by atoms with Gasteiger partial charge in [0.15, 0.2) is 10.8 Å². The molecule has 1 atom stereocenters. The highest BCUT2D eigenvalue weighted by molar-refractivity contribution is 7.98. The summed E-state index contributed by atoms with van der Waals surface area (Å²) in [6.07, 6.45) is 10.9. The monoisotopic (exact) mass is 542 g/mol. The van der Waals surface area contributed by atoms with Gasteiger partial charge in [-0.1, -0.05) is 37.8 Å². The number of nitrogens with zero attached hydrogens (tertiary/aromatic N) is 6. The van der Waals surface area contributed by atoms with E-state index in [1.54, 1.807) is 14.4 Å². The summed E-state index contributed by atoms with van der Waals surface area (Å²) in [4.78, 5) is 36.4. The first-order valence-electron chi connectivity index (χ1n) is 13.0. The molecule has 2 aromatic rings. The van der Waals surface area contributed by atoms with Crippen LogP contribution in [0.15, 0.2) is 35.3 Å². The first-order chi connectivity index (χ1) is 18.0. The number of carbonyl (C=O) groups is 2. The SMILES string of the molecule is CSc1nc(NCC2=CN(NC(=O)C3CCCN(C(=O)OC(C)(C)C)C3)CC=C2)n2ncc(C(C)C)c2n1. The minimum atomic E-state index is -0.565. The fourth-order valence-corrected chi connectivity index (χ4v) is 4.74. The number of hydrogen-bond donors (Lipinski definition) is 2. The van der Waals surface area contributed by atoms with Crippen molar-refractivity contribution in [2.24, 2.45) is 5.92 Å². The molecule has 206 valence electrons. The molecule has 12 heteroatoms. The van der Waals surface area contributed by atoms with Crippen molar-refractivity contribution in [1.29, 1.82) is 0 Å². The van der Waals surface area contributed by atoms with Crippen molar-refractivity contribution in [2.45, 2.75) is 64.1 Å². The quantitative estimate of drug-likeness (QED) is 0.504. The molecule has 4 rings (SSSR count). The van der Waals surface area contributed by atoms with Gasteiger partial charge in [-0.25, -0.2) is 9.78 Å². The fourth-order valence-electron chi connectivity index (χ4n) is 4.38. The second-order valence-corrected chi connectivity index (χ2v) is 11.7. The van der Waals surface area contributed by atoms with Crippen molar-refractivity contribution >= 4 is 35.4 Å². The minimum absolute atomic E-state index is 0.100. The maximum atomic E-state index is 13.0. The largest absolute Gasteiger partial charge is 0.444 e. The van der Waals surface area contributed by atoms with Crippen LogP contribution in [0.25, 0.3) is 5.65 Å². The third-order valence-corrected chi connectivity index (χ3v) is 6.83. The number of piperidine rings is 1. The van der Waals surface area contributed by atoms with Gasteiger partial charge in [-0.15, -0.1) is 0 Å². The maximum Gasteiger partial charge on any atom is 0.410 e. The molecule has 38 heavy (non-hydrogen) atoms. The normalized spacial score (nSPS) is 18.1. The molecule has 0 spiro atoms. The van der Waals surface area contributed by atoms with Crippen molar-refractivity contribution in [1.82, 2.24) is 34.9 Å². The van der Waals surface area contributed by atoms with Crippen LogP contribution in [-0.4, -0.2) is 79.5 Å². The van der Waals surface area contributed by atoms with Gasteiger partial charge in [-0.3, -0.25) is 15.2 Å². The number of thioether (sulfide) groups is 1. The highest BCUT2D eigenvalue weighted by Crippen LogP contribution is 2.24. The predicted molar refractivity (Wildman–Crippen MR) is 148 cm³/mol. The van der Waals surface area contributed by atoms with E-state index in [-0.39, 0.29) is 17.9 Å².